The second kappa shape index (κ2) is 5.50. The summed E-state index contributed by atoms with van der Waals surface area (Å²) in [5.74, 6) is 0. The number of nitrogens with zero attached hydrogens (tertiary/aromatic N) is 1. The lowest BCUT2D eigenvalue weighted by Gasteiger charge is -2.06. The highest BCUT2D eigenvalue weighted by Crippen LogP contribution is 1.83. The van der Waals surface area contributed by atoms with Gasteiger partial charge < -0.3 is 5.32 Å². The molecule has 0 bridgehead atoms. The van der Waals surface area contributed by atoms with Crippen LogP contribution in [0.1, 0.15) is 18.9 Å². The fourth-order valence-electron chi connectivity index (χ4n) is 1.29. The number of aromatic nitrogens is 2. The number of aryl methyl sites for hydroxylation is 1. The van der Waals surface area contributed by atoms with Crippen molar-refractivity contribution in [2.45, 2.75) is 26.8 Å². The summed E-state index contributed by atoms with van der Waals surface area (Å²) in [4.78, 5) is 24.7. The molecule has 0 aromatic carbocycles. The highest BCUT2D eigenvalue weighted by Gasteiger charge is 1.99. The number of hydrogen-bond donors (Lipinski definition) is 2. The summed E-state index contributed by atoms with van der Waals surface area (Å²) in [6.45, 7) is 6.03. The Labute approximate surface area is 88.1 Å². The van der Waals surface area contributed by atoms with Crippen LogP contribution in [0.3, 0.4) is 0 Å². The smallest absolute Gasteiger partial charge is 0.315 e. The van der Waals surface area contributed by atoms with Crippen molar-refractivity contribution >= 4 is 0 Å². The van der Waals surface area contributed by atoms with Crippen molar-refractivity contribution in [1.82, 2.24) is 14.9 Å². The van der Waals surface area contributed by atoms with Gasteiger partial charge in [0.15, 0.2) is 0 Å². The van der Waals surface area contributed by atoms with Crippen molar-refractivity contribution in [2.75, 3.05) is 13.1 Å². The van der Waals surface area contributed by atoms with Crippen molar-refractivity contribution in [2.24, 2.45) is 0 Å². The first-order valence-electron chi connectivity index (χ1n) is 5.16. The largest absolute Gasteiger partial charge is 0.328 e. The zero-order chi connectivity index (χ0) is 11.3. The standard InChI is InChI=1S/C10H17N3O2/c1-3-4-11-5-6-13-7-8(2)9(14)12-10(13)15/h7,11H,3-6H2,1-2H3,(H,12,14,15). The molecule has 5 nitrogen and oxygen atoms in total. The molecule has 5 heteroatoms. The van der Waals surface area contributed by atoms with Crippen LogP contribution in [0, 0.1) is 6.92 Å². The van der Waals surface area contributed by atoms with Gasteiger partial charge >= 0.3 is 5.69 Å². The molecule has 0 amide bonds. The number of nitrogens with one attached hydrogen (secondary N) is 2. The lowest BCUT2D eigenvalue weighted by Crippen LogP contribution is -2.33. The van der Waals surface area contributed by atoms with Crippen molar-refractivity contribution < 1.29 is 0 Å². The normalized spacial score (nSPS) is 10.5. The number of H-pyrrole nitrogens is 1. The summed E-state index contributed by atoms with van der Waals surface area (Å²) in [6.07, 6.45) is 2.66. The molecular formula is C10H17N3O2. The molecule has 1 aromatic heterocycles. The highest BCUT2D eigenvalue weighted by atomic mass is 16.2. The van der Waals surface area contributed by atoms with E-state index in [2.05, 4.69) is 17.2 Å². The van der Waals surface area contributed by atoms with Crippen LogP contribution in [0.5, 0.6) is 0 Å². The number of rotatable bonds is 5. The third-order valence-electron chi connectivity index (χ3n) is 2.15. The molecule has 1 heterocycles. The van der Waals surface area contributed by atoms with Crippen LogP contribution < -0.4 is 16.6 Å². The van der Waals surface area contributed by atoms with Gasteiger partial charge in [0.2, 0.25) is 0 Å². The average Bonchev–Trinajstić information content (AvgIpc) is 2.20. The molecule has 1 rings (SSSR count). The zero-order valence-electron chi connectivity index (χ0n) is 9.17. The molecule has 0 aliphatic rings. The van der Waals surface area contributed by atoms with E-state index in [1.807, 2.05) is 0 Å². The first kappa shape index (κ1) is 11.7. The van der Waals surface area contributed by atoms with Crippen molar-refractivity contribution in [3.05, 3.63) is 32.6 Å². The molecule has 1 aromatic rings. The molecule has 0 fully saturated rings. The Balaban J connectivity index is 2.66. The Morgan fingerprint density at radius 1 is 1.40 bits per heavy atom. The van der Waals surface area contributed by atoms with Gasteiger partial charge in [-0.05, 0) is 19.9 Å². The SMILES string of the molecule is CCCNCCn1cc(C)c(=O)[nH]c1=O. The molecule has 0 spiro atoms. The summed E-state index contributed by atoms with van der Waals surface area (Å²) in [6, 6.07) is 0. The second-order valence-electron chi connectivity index (χ2n) is 3.51. The quantitative estimate of drug-likeness (QED) is 0.665. The highest BCUT2D eigenvalue weighted by molar-refractivity contribution is 5.00. The Morgan fingerprint density at radius 3 is 2.80 bits per heavy atom. The Morgan fingerprint density at radius 2 is 2.13 bits per heavy atom. The Kier molecular flexibility index (Phi) is 4.30. The van der Waals surface area contributed by atoms with E-state index in [0.29, 0.717) is 12.1 Å². The predicted octanol–water partition coefficient (Wildman–Crippen LogP) is -0.155. The summed E-state index contributed by atoms with van der Waals surface area (Å²) >= 11 is 0. The summed E-state index contributed by atoms with van der Waals surface area (Å²) in [5, 5.41) is 3.19. The number of aromatic amines is 1. The van der Waals surface area contributed by atoms with Gasteiger partial charge in [-0.2, -0.15) is 0 Å². The van der Waals surface area contributed by atoms with Crippen LogP contribution in [0.25, 0.3) is 0 Å². The van der Waals surface area contributed by atoms with Crippen molar-refractivity contribution in [3.8, 4) is 0 Å². The molecule has 84 valence electrons. The summed E-state index contributed by atoms with van der Waals surface area (Å²) in [5.41, 5.74) is -0.0910. The lowest BCUT2D eigenvalue weighted by atomic mass is 10.4. The maximum Gasteiger partial charge on any atom is 0.328 e. The molecule has 0 saturated carbocycles. The molecule has 0 atom stereocenters. The van der Waals surface area contributed by atoms with Gasteiger partial charge in [-0.3, -0.25) is 14.3 Å². The first-order valence-corrected chi connectivity index (χ1v) is 5.16. The third kappa shape index (κ3) is 3.36. The third-order valence-corrected chi connectivity index (χ3v) is 2.15. The van der Waals surface area contributed by atoms with Crippen LogP contribution in [0.4, 0.5) is 0 Å². The fraction of sp³-hybridized carbons (Fsp3) is 0.600. The second-order valence-corrected chi connectivity index (χ2v) is 3.51. The monoisotopic (exact) mass is 211 g/mol. The molecule has 2 N–H and O–H groups in total. The topological polar surface area (TPSA) is 66.9 Å². The van der Waals surface area contributed by atoms with Gasteiger partial charge in [-0.1, -0.05) is 6.92 Å². The Bertz CT molecular complexity index is 419. The lowest BCUT2D eigenvalue weighted by molar-refractivity contribution is 0.570. The predicted molar refractivity (Wildman–Crippen MR) is 59.2 cm³/mol. The molecule has 15 heavy (non-hydrogen) atoms. The minimum atomic E-state index is -0.344. The van der Waals surface area contributed by atoms with Gasteiger partial charge in [0.05, 0.1) is 0 Å². The van der Waals surface area contributed by atoms with Gasteiger partial charge in [0, 0.05) is 24.8 Å². The van der Waals surface area contributed by atoms with Crippen molar-refractivity contribution in [3.63, 3.8) is 0 Å². The van der Waals surface area contributed by atoms with E-state index in [1.54, 1.807) is 13.1 Å². The van der Waals surface area contributed by atoms with E-state index in [9.17, 15) is 9.59 Å². The minimum absolute atomic E-state index is 0.308. The summed E-state index contributed by atoms with van der Waals surface area (Å²) in [7, 11) is 0. The van der Waals surface area contributed by atoms with Crippen LogP contribution in [-0.4, -0.2) is 22.6 Å². The van der Waals surface area contributed by atoms with Crippen LogP contribution in [-0.2, 0) is 6.54 Å². The van der Waals surface area contributed by atoms with E-state index >= 15 is 0 Å². The molecule has 0 radical (unpaired) electrons. The van der Waals surface area contributed by atoms with Gasteiger partial charge in [0.1, 0.15) is 0 Å². The van der Waals surface area contributed by atoms with Crippen LogP contribution >= 0.6 is 0 Å². The van der Waals surface area contributed by atoms with Crippen molar-refractivity contribution in [1.29, 1.82) is 0 Å². The average molecular weight is 211 g/mol. The van der Waals surface area contributed by atoms with Gasteiger partial charge in [0.25, 0.3) is 5.56 Å². The van der Waals surface area contributed by atoms with E-state index < -0.39 is 0 Å². The minimum Gasteiger partial charge on any atom is -0.315 e. The van der Waals surface area contributed by atoms with Gasteiger partial charge in [-0.25, -0.2) is 4.79 Å². The zero-order valence-corrected chi connectivity index (χ0v) is 9.17. The molecule has 0 unspecified atom stereocenters. The van der Waals surface area contributed by atoms with Crippen LogP contribution in [0.2, 0.25) is 0 Å². The number of hydrogen-bond acceptors (Lipinski definition) is 3. The fourth-order valence-corrected chi connectivity index (χ4v) is 1.29. The first-order chi connectivity index (χ1) is 7.15. The molecule has 0 saturated heterocycles. The van der Waals surface area contributed by atoms with Gasteiger partial charge in [-0.15, -0.1) is 0 Å². The summed E-state index contributed by atoms with van der Waals surface area (Å²) < 4.78 is 1.51. The molecular weight excluding hydrogens is 194 g/mol. The van der Waals surface area contributed by atoms with E-state index in [4.69, 9.17) is 0 Å². The molecule has 0 aliphatic carbocycles. The maximum atomic E-state index is 11.3. The van der Waals surface area contributed by atoms with E-state index in [0.717, 1.165) is 19.5 Å². The van der Waals surface area contributed by atoms with E-state index in [1.165, 1.54) is 4.57 Å². The van der Waals surface area contributed by atoms with Crippen LogP contribution in [0.15, 0.2) is 15.8 Å². The van der Waals surface area contributed by atoms with E-state index in [-0.39, 0.29) is 11.2 Å². The maximum absolute atomic E-state index is 11.3. The molecule has 0 aliphatic heterocycles. The Hall–Kier alpha value is -1.36.